The van der Waals surface area contributed by atoms with Crippen molar-refractivity contribution in [2.75, 3.05) is 0 Å². The Morgan fingerprint density at radius 2 is 2.10 bits per heavy atom. The molecule has 1 aromatic carbocycles. The highest BCUT2D eigenvalue weighted by Gasteiger charge is 2.30. The van der Waals surface area contributed by atoms with Crippen molar-refractivity contribution in [2.24, 2.45) is 0 Å². The minimum atomic E-state index is 0.700. The monoisotopic (exact) mass is 361 g/mol. The lowest BCUT2D eigenvalue weighted by Gasteiger charge is -2.36. The van der Waals surface area contributed by atoms with Gasteiger partial charge >= 0.3 is 0 Å². The maximum atomic E-state index is 3.74. The number of rotatable bonds is 4. The lowest BCUT2D eigenvalue weighted by Crippen LogP contribution is -2.39. The third-order valence-electron chi connectivity index (χ3n) is 4.82. The van der Waals surface area contributed by atoms with Crippen molar-refractivity contribution in [3.05, 3.63) is 55.7 Å². The average molecular weight is 362 g/mol. The molecule has 0 bridgehead atoms. The molecule has 2 aromatic rings. The van der Waals surface area contributed by atoms with Crippen molar-refractivity contribution in [1.82, 2.24) is 5.32 Å². The van der Waals surface area contributed by atoms with Gasteiger partial charge in [0.15, 0.2) is 0 Å². The second-order valence-electron chi connectivity index (χ2n) is 6.32. The summed E-state index contributed by atoms with van der Waals surface area (Å²) in [6.45, 7) is 1.06. The minimum absolute atomic E-state index is 0.700. The van der Waals surface area contributed by atoms with Crippen molar-refractivity contribution in [1.29, 1.82) is 0 Å². The highest BCUT2D eigenvalue weighted by molar-refractivity contribution is 9.10. The van der Waals surface area contributed by atoms with E-state index in [4.69, 9.17) is 0 Å². The molecule has 1 N–H and O–H groups in total. The van der Waals surface area contributed by atoms with Gasteiger partial charge < -0.3 is 5.32 Å². The number of fused-ring (bicyclic) bond motifs is 1. The van der Waals surface area contributed by atoms with Crippen molar-refractivity contribution in [3.63, 3.8) is 0 Å². The van der Waals surface area contributed by atoms with Crippen molar-refractivity contribution in [2.45, 2.75) is 50.6 Å². The molecule has 3 heteroatoms. The number of benzene rings is 1. The van der Waals surface area contributed by atoms with Crippen molar-refractivity contribution >= 4 is 27.3 Å². The van der Waals surface area contributed by atoms with E-state index in [9.17, 15) is 0 Å². The molecule has 0 radical (unpaired) electrons. The summed E-state index contributed by atoms with van der Waals surface area (Å²) >= 11 is 5.60. The van der Waals surface area contributed by atoms with Crippen LogP contribution in [0.4, 0.5) is 0 Å². The molecule has 2 aliphatic rings. The van der Waals surface area contributed by atoms with E-state index in [0.717, 1.165) is 12.5 Å². The molecule has 1 saturated carbocycles. The molecule has 110 valence electrons. The number of aryl methyl sites for hydroxylation is 2. The van der Waals surface area contributed by atoms with Crippen molar-refractivity contribution < 1.29 is 0 Å². The van der Waals surface area contributed by atoms with Crippen LogP contribution in [0.15, 0.2) is 34.8 Å². The summed E-state index contributed by atoms with van der Waals surface area (Å²) in [7, 11) is 0. The molecule has 0 unspecified atom stereocenters. The zero-order valence-corrected chi connectivity index (χ0v) is 14.5. The second-order valence-corrected chi connectivity index (χ2v) is 8.45. The third-order valence-corrected chi connectivity index (χ3v) is 6.55. The van der Waals surface area contributed by atoms with Crippen LogP contribution in [-0.4, -0.2) is 6.04 Å². The Bertz CT molecular complexity index is 621. The minimum Gasteiger partial charge on any atom is -0.309 e. The SMILES string of the molecule is Brc1cccc(C2CC(NCc3cc4c(s3)CCC4)C2)c1. The van der Waals surface area contributed by atoms with Crippen LogP contribution >= 0.6 is 27.3 Å². The number of thiophene rings is 1. The summed E-state index contributed by atoms with van der Waals surface area (Å²) < 4.78 is 1.20. The molecule has 0 spiro atoms. The van der Waals surface area contributed by atoms with Gasteiger partial charge in [0.05, 0.1) is 0 Å². The lowest BCUT2D eigenvalue weighted by atomic mass is 9.76. The van der Waals surface area contributed by atoms with Crippen LogP contribution in [0.2, 0.25) is 0 Å². The first-order valence-corrected chi connectivity index (χ1v) is 9.48. The molecule has 1 fully saturated rings. The van der Waals surface area contributed by atoms with Crippen LogP contribution in [0.5, 0.6) is 0 Å². The molecule has 21 heavy (non-hydrogen) atoms. The topological polar surface area (TPSA) is 12.0 Å². The predicted molar refractivity (Wildman–Crippen MR) is 93.1 cm³/mol. The van der Waals surface area contributed by atoms with Crippen LogP contribution in [0, 0.1) is 0 Å². The Morgan fingerprint density at radius 3 is 2.90 bits per heavy atom. The van der Waals surface area contributed by atoms with Gasteiger partial charge in [-0.15, -0.1) is 11.3 Å². The first-order valence-electron chi connectivity index (χ1n) is 7.87. The molecule has 4 rings (SSSR count). The van der Waals surface area contributed by atoms with Gasteiger partial charge in [0.25, 0.3) is 0 Å². The summed E-state index contributed by atoms with van der Waals surface area (Å²) in [6.07, 6.45) is 6.55. The Hall–Kier alpha value is -0.640. The Balaban J connectivity index is 1.28. The predicted octanol–water partition coefficient (Wildman–Crippen LogP) is 5.04. The van der Waals surface area contributed by atoms with E-state index in [1.807, 2.05) is 11.3 Å². The van der Waals surface area contributed by atoms with E-state index in [0.29, 0.717) is 6.04 Å². The highest BCUT2D eigenvalue weighted by Crippen LogP contribution is 2.38. The fourth-order valence-corrected chi connectivity index (χ4v) is 5.17. The van der Waals surface area contributed by atoms with E-state index < -0.39 is 0 Å². The maximum absolute atomic E-state index is 3.74. The van der Waals surface area contributed by atoms with Crippen LogP contribution in [0.1, 0.15) is 46.1 Å². The van der Waals surface area contributed by atoms with Crippen LogP contribution in [0.3, 0.4) is 0 Å². The fraction of sp³-hybridized carbons (Fsp3) is 0.444. The molecule has 2 aliphatic carbocycles. The fourth-order valence-electron chi connectivity index (χ4n) is 3.54. The molecule has 0 saturated heterocycles. The summed E-state index contributed by atoms with van der Waals surface area (Å²) in [5.41, 5.74) is 3.11. The number of hydrogen-bond acceptors (Lipinski definition) is 2. The normalized spacial score (nSPS) is 23.9. The van der Waals surface area contributed by atoms with Gasteiger partial charge in [0, 0.05) is 26.8 Å². The molecule has 0 atom stereocenters. The smallest absolute Gasteiger partial charge is 0.0302 e. The number of halogens is 1. The molecule has 1 nitrogen and oxygen atoms in total. The van der Waals surface area contributed by atoms with E-state index in [-0.39, 0.29) is 0 Å². The van der Waals surface area contributed by atoms with E-state index in [2.05, 4.69) is 51.6 Å². The number of nitrogens with one attached hydrogen (secondary N) is 1. The van der Waals surface area contributed by atoms with Crippen LogP contribution in [0.25, 0.3) is 0 Å². The van der Waals surface area contributed by atoms with E-state index >= 15 is 0 Å². The molecular formula is C18H20BrNS. The third kappa shape index (κ3) is 2.96. The zero-order chi connectivity index (χ0) is 14.2. The van der Waals surface area contributed by atoms with Gasteiger partial charge in [0.1, 0.15) is 0 Å². The van der Waals surface area contributed by atoms with Gasteiger partial charge in [-0.1, -0.05) is 28.1 Å². The first-order chi connectivity index (χ1) is 10.3. The standard InChI is InChI=1S/C18H20BrNS/c19-15-5-1-3-12(7-15)14-8-16(9-14)20-11-17-10-13-4-2-6-18(13)21-17/h1,3,5,7,10,14,16,20H,2,4,6,8-9,11H2. The summed E-state index contributed by atoms with van der Waals surface area (Å²) in [5.74, 6) is 0.744. The van der Waals surface area contributed by atoms with Crippen molar-refractivity contribution in [3.8, 4) is 0 Å². The summed E-state index contributed by atoms with van der Waals surface area (Å²) in [4.78, 5) is 3.18. The van der Waals surface area contributed by atoms with Gasteiger partial charge in [0.2, 0.25) is 0 Å². The molecule has 0 amide bonds. The zero-order valence-electron chi connectivity index (χ0n) is 12.1. The van der Waals surface area contributed by atoms with E-state index in [1.165, 1.54) is 47.0 Å². The summed E-state index contributed by atoms with van der Waals surface area (Å²) in [6, 6.07) is 11.9. The van der Waals surface area contributed by atoms with Crippen LogP contribution in [-0.2, 0) is 19.4 Å². The quantitative estimate of drug-likeness (QED) is 0.804. The Morgan fingerprint density at radius 1 is 1.19 bits per heavy atom. The maximum Gasteiger partial charge on any atom is 0.0302 e. The lowest BCUT2D eigenvalue weighted by molar-refractivity contribution is 0.290. The first kappa shape index (κ1) is 14.0. The average Bonchev–Trinajstić information content (AvgIpc) is 2.97. The number of hydrogen-bond donors (Lipinski definition) is 1. The second kappa shape index (κ2) is 5.86. The van der Waals surface area contributed by atoms with E-state index in [1.54, 1.807) is 10.4 Å². The highest BCUT2D eigenvalue weighted by atomic mass is 79.9. The van der Waals surface area contributed by atoms with Gasteiger partial charge in [-0.3, -0.25) is 0 Å². The Kier molecular flexibility index (Phi) is 3.91. The van der Waals surface area contributed by atoms with Gasteiger partial charge in [-0.25, -0.2) is 0 Å². The van der Waals surface area contributed by atoms with Crippen LogP contribution < -0.4 is 5.32 Å². The Labute approximate surface area is 138 Å². The van der Waals surface area contributed by atoms with Gasteiger partial charge in [-0.05, 0) is 67.3 Å². The largest absolute Gasteiger partial charge is 0.309 e. The molecular weight excluding hydrogens is 342 g/mol. The molecule has 1 heterocycles. The van der Waals surface area contributed by atoms with Gasteiger partial charge in [-0.2, -0.15) is 0 Å². The summed E-state index contributed by atoms with van der Waals surface area (Å²) in [5, 5.41) is 3.74. The molecule has 1 aromatic heterocycles. The molecule has 0 aliphatic heterocycles.